The highest BCUT2D eigenvalue weighted by molar-refractivity contribution is 6.04. The molecule has 1 N–H and O–H groups in total. The average molecular weight is 326 g/mol. The van der Waals surface area contributed by atoms with Crippen molar-refractivity contribution in [2.24, 2.45) is 0 Å². The Morgan fingerprint density at radius 3 is 2.67 bits per heavy atom. The maximum atomic E-state index is 12.6. The molecule has 0 aliphatic rings. The molecule has 0 saturated carbocycles. The van der Waals surface area contributed by atoms with Crippen LogP contribution in [0.2, 0.25) is 0 Å². The summed E-state index contributed by atoms with van der Waals surface area (Å²) >= 11 is 0. The molecular formula is C18H24N5O+. The number of rotatable bonds is 3. The van der Waals surface area contributed by atoms with E-state index in [1.807, 2.05) is 24.7 Å². The fourth-order valence-electron chi connectivity index (χ4n) is 2.66. The standard InChI is InChI=1S/C18H23N5O/c1-6-7-8-11-22-13-16(14(2)23(22)18(3,4)5)17(24)21-15-9-10-19-20-12-15/h9-10,12-13H,6,11H2,1-5H3/p+1. The molecule has 6 nitrogen and oxygen atoms in total. The van der Waals surface area contributed by atoms with E-state index >= 15 is 0 Å². The van der Waals surface area contributed by atoms with Gasteiger partial charge in [0.05, 0.1) is 29.3 Å². The molecule has 0 aliphatic heterocycles. The van der Waals surface area contributed by atoms with E-state index in [-0.39, 0.29) is 11.4 Å². The topological polar surface area (TPSA) is 63.7 Å². The number of amides is 1. The second-order valence-corrected chi connectivity index (χ2v) is 6.50. The molecule has 2 aromatic heterocycles. The lowest BCUT2D eigenvalue weighted by atomic mass is 10.1. The van der Waals surface area contributed by atoms with Gasteiger partial charge in [0.25, 0.3) is 5.91 Å². The van der Waals surface area contributed by atoms with E-state index in [1.54, 1.807) is 12.3 Å². The Balaban J connectivity index is 2.38. The number of carbonyl (C=O) groups is 1. The van der Waals surface area contributed by atoms with Crippen molar-refractivity contribution in [3.8, 4) is 11.8 Å². The first-order valence-corrected chi connectivity index (χ1v) is 8.01. The van der Waals surface area contributed by atoms with E-state index in [2.05, 4.69) is 52.8 Å². The Morgan fingerprint density at radius 2 is 2.08 bits per heavy atom. The van der Waals surface area contributed by atoms with Gasteiger partial charge in [0.2, 0.25) is 12.7 Å². The van der Waals surface area contributed by atoms with Crippen LogP contribution in [-0.2, 0) is 12.1 Å². The first-order valence-electron chi connectivity index (χ1n) is 8.01. The van der Waals surface area contributed by atoms with Crippen LogP contribution < -0.4 is 10.00 Å². The fourth-order valence-corrected chi connectivity index (χ4v) is 2.66. The molecule has 24 heavy (non-hydrogen) atoms. The van der Waals surface area contributed by atoms with Gasteiger partial charge < -0.3 is 5.32 Å². The van der Waals surface area contributed by atoms with Gasteiger partial charge in [-0.1, -0.05) is 12.8 Å². The Hall–Kier alpha value is -2.68. The number of hydrogen-bond acceptors (Lipinski definition) is 3. The normalized spacial score (nSPS) is 10.9. The van der Waals surface area contributed by atoms with Crippen LogP contribution in [0.4, 0.5) is 5.69 Å². The molecule has 1 amide bonds. The minimum atomic E-state index is -0.166. The lowest BCUT2D eigenvalue weighted by Gasteiger charge is -2.19. The van der Waals surface area contributed by atoms with E-state index < -0.39 is 0 Å². The zero-order valence-electron chi connectivity index (χ0n) is 14.9. The van der Waals surface area contributed by atoms with Crippen LogP contribution in [0.3, 0.4) is 0 Å². The Bertz CT molecular complexity index is 775. The largest absolute Gasteiger partial charge is 0.320 e. The van der Waals surface area contributed by atoms with Crippen molar-refractivity contribution in [3.63, 3.8) is 0 Å². The van der Waals surface area contributed by atoms with E-state index in [1.165, 1.54) is 6.20 Å². The minimum Gasteiger partial charge on any atom is -0.320 e. The third-order valence-corrected chi connectivity index (χ3v) is 3.51. The molecular weight excluding hydrogens is 302 g/mol. The Kier molecular flexibility index (Phi) is 5.35. The molecule has 0 fully saturated rings. The molecule has 2 heterocycles. The maximum absolute atomic E-state index is 12.6. The van der Waals surface area contributed by atoms with Crippen LogP contribution >= 0.6 is 0 Å². The van der Waals surface area contributed by atoms with Crippen molar-refractivity contribution in [2.75, 3.05) is 5.32 Å². The van der Waals surface area contributed by atoms with Crippen LogP contribution in [0, 0.1) is 18.8 Å². The molecule has 0 aromatic carbocycles. The third-order valence-electron chi connectivity index (χ3n) is 3.51. The molecule has 2 rings (SSSR count). The molecule has 126 valence electrons. The monoisotopic (exact) mass is 326 g/mol. The molecule has 0 bridgehead atoms. The van der Waals surface area contributed by atoms with E-state index in [0.29, 0.717) is 17.8 Å². The molecule has 0 spiro atoms. The first kappa shape index (κ1) is 17.7. The van der Waals surface area contributed by atoms with Crippen molar-refractivity contribution < 1.29 is 9.48 Å². The average Bonchev–Trinajstić information content (AvgIpc) is 2.85. The summed E-state index contributed by atoms with van der Waals surface area (Å²) in [6, 6.07) is 1.71. The molecule has 6 heteroatoms. The minimum absolute atomic E-state index is 0.158. The van der Waals surface area contributed by atoms with Crippen LogP contribution in [0.1, 0.15) is 50.2 Å². The lowest BCUT2D eigenvalue weighted by Crippen LogP contribution is -2.49. The molecule has 0 radical (unpaired) electrons. The van der Waals surface area contributed by atoms with Crippen LogP contribution in [0.15, 0.2) is 24.7 Å². The summed E-state index contributed by atoms with van der Waals surface area (Å²) in [6.45, 7) is 10.9. The fraction of sp³-hybridized carbons (Fsp3) is 0.444. The van der Waals surface area contributed by atoms with Crippen LogP contribution in [-0.4, -0.2) is 20.8 Å². The summed E-state index contributed by atoms with van der Waals surface area (Å²) in [5, 5.41) is 10.3. The Labute approximate surface area is 142 Å². The zero-order chi connectivity index (χ0) is 17.7. The summed E-state index contributed by atoms with van der Waals surface area (Å²) in [5.41, 5.74) is 1.99. The first-order chi connectivity index (χ1) is 11.3. The van der Waals surface area contributed by atoms with Gasteiger partial charge in [-0.25, -0.2) is 0 Å². The number of hydrogen-bond donors (Lipinski definition) is 1. The van der Waals surface area contributed by atoms with Crippen LogP contribution in [0.25, 0.3) is 0 Å². The summed E-state index contributed by atoms with van der Waals surface area (Å²) in [4.78, 5) is 12.6. The molecule has 0 unspecified atom stereocenters. The van der Waals surface area contributed by atoms with Gasteiger partial charge >= 0.3 is 0 Å². The van der Waals surface area contributed by atoms with Crippen molar-refractivity contribution >= 4 is 11.6 Å². The quantitative estimate of drug-likeness (QED) is 0.695. The highest BCUT2D eigenvalue weighted by Gasteiger charge is 2.30. The van der Waals surface area contributed by atoms with Gasteiger partial charge in [-0.05, 0) is 39.7 Å². The summed E-state index contributed by atoms with van der Waals surface area (Å²) in [6.07, 6.45) is 5.74. The summed E-state index contributed by atoms with van der Waals surface area (Å²) in [7, 11) is 0. The van der Waals surface area contributed by atoms with Crippen molar-refractivity contribution in [2.45, 2.75) is 53.1 Å². The van der Waals surface area contributed by atoms with Crippen molar-refractivity contribution in [1.29, 1.82) is 0 Å². The predicted molar refractivity (Wildman–Crippen MR) is 92.4 cm³/mol. The summed E-state index contributed by atoms with van der Waals surface area (Å²) in [5.74, 6) is 6.04. The highest BCUT2D eigenvalue weighted by atomic mass is 16.1. The number of aromatic nitrogens is 4. The van der Waals surface area contributed by atoms with E-state index in [0.717, 1.165) is 12.1 Å². The Morgan fingerprint density at radius 1 is 1.33 bits per heavy atom. The second-order valence-electron chi connectivity index (χ2n) is 6.50. The van der Waals surface area contributed by atoms with E-state index in [9.17, 15) is 4.79 Å². The van der Waals surface area contributed by atoms with Gasteiger partial charge in [0, 0.05) is 6.42 Å². The SMILES string of the molecule is CCC#CC[n+]1cc(C(=O)Nc2ccnnc2)c(C)n1C(C)(C)C. The van der Waals surface area contributed by atoms with Crippen molar-refractivity contribution in [1.82, 2.24) is 14.9 Å². The van der Waals surface area contributed by atoms with Gasteiger partial charge in [0.15, 0.2) is 0 Å². The predicted octanol–water partition coefficient (Wildman–Crippen LogP) is 2.29. The molecule has 0 saturated heterocycles. The lowest BCUT2D eigenvalue weighted by molar-refractivity contribution is -0.771. The number of carbonyl (C=O) groups excluding carboxylic acids is 1. The van der Waals surface area contributed by atoms with Gasteiger partial charge in [-0.3, -0.25) is 4.79 Å². The van der Waals surface area contributed by atoms with Gasteiger partial charge in [0.1, 0.15) is 5.56 Å². The molecule has 0 aliphatic carbocycles. The maximum Gasteiger partial charge on any atom is 0.263 e. The second kappa shape index (κ2) is 7.26. The van der Waals surface area contributed by atoms with E-state index in [4.69, 9.17) is 0 Å². The summed E-state index contributed by atoms with van der Waals surface area (Å²) < 4.78 is 4.11. The number of anilines is 1. The third kappa shape index (κ3) is 3.99. The number of nitrogens with one attached hydrogen (secondary N) is 1. The van der Waals surface area contributed by atoms with Crippen LogP contribution in [0.5, 0.6) is 0 Å². The number of nitrogens with zero attached hydrogens (tertiary/aromatic N) is 4. The smallest absolute Gasteiger partial charge is 0.263 e. The molecule has 0 atom stereocenters. The van der Waals surface area contributed by atoms with Crippen molar-refractivity contribution in [3.05, 3.63) is 35.9 Å². The van der Waals surface area contributed by atoms with Gasteiger partial charge in [-0.2, -0.15) is 14.9 Å². The highest BCUT2D eigenvalue weighted by Crippen LogP contribution is 2.18. The zero-order valence-corrected chi connectivity index (χ0v) is 14.9. The van der Waals surface area contributed by atoms with Gasteiger partial charge in [-0.15, -0.1) is 4.68 Å². The molecule has 2 aromatic rings.